The molecule has 27 heavy (non-hydrogen) atoms. The number of aromatic nitrogens is 3. The van der Waals surface area contributed by atoms with Gasteiger partial charge in [0.25, 0.3) is 5.91 Å². The molecule has 3 aromatic rings. The maximum atomic E-state index is 12.5. The first-order valence-electron chi connectivity index (χ1n) is 8.13. The number of aryl methyl sites for hydroxylation is 1. The van der Waals surface area contributed by atoms with E-state index in [1.165, 1.54) is 18.3 Å². The van der Waals surface area contributed by atoms with E-state index in [9.17, 15) is 13.2 Å². The molecule has 0 spiro atoms. The summed E-state index contributed by atoms with van der Waals surface area (Å²) in [5, 5.41) is 15.7. The molecular weight excluding hydrogens is 366 g/mol. The van der Waals surface area contributed by atoms with Gasteiger partial charge in [0.15, 0.2) is 5.69 Å². The third kappa shape index (κ3) is 4.39. The molecule has 0 saturated heterocycles. The van der Waals surface area contributed by atoms with Crippen LogP contribution in [-0.4, -0.2) is 29.3 Å². The molecule has 0 saturated carbocycles. The first kappa shape index (κ1) is 18.7. The number of anilines is 1. The summed E-state index contributed by atoms with van der Waals surface area (Å²) < 4.78 is 24.8. The summed E-state index contributed by atoms with van der Waals surface area (Å²) in [5.41, 5.74) is 2.96. The van der Waals surface area contributed by atoms with Crippen molar-refractivity contribution < 1.29 is 13.2 Å². The fourth-order valence-electron chi connectivity index (χ4n) is 2.56. The summed E-state index contributed by atoms with van der Waals surface area (Å²) in [7, 11) is -3.88. The Labute approximate surface area is 157 Å². The number of nitrogens with zero attached hydrogens (tertiary/aromatic N) is 3. The van der Waals surface area contributed by atoms with E-state index < -0.39 is 15.9 Å². The molecule has 1 aromatic heterocycles. The number of hydrogen-bond donors (Lipinski definition) is 2. The molecule has 0 unspecified atom stereocenters. The molecule has 2 aromatic carbocycles. The number of hydrogen-bond acceptors (Lipinski definition) is 5. The van der Waals surface area contributed by atoms with Gasteiger partial charge in [-0.2, -0.15) is 0 Å². The molecule has 1 amide bonds. The topological polar surface area (TPSA) is 120 Å². The molecule has 0 aliphatic heterocycles. The largest absolute Gasteiger partial charge is 0.320 e. The van der Waals surface area contributed by atoms with E-state index in [-0.39, 0.29) is 10.6 Å². The Hall–Kier alpha value is -3.04. The number of amides is 1. The summed E-state index contributed by atoms with van der Waals surface area (Å²) >= 11 is 0. The number of sulfonamides is 1. The van der Waals surface area contributed by atoms with E-state index >= 15 is 0 Å². The maximum Gasteiger partial charge on any atom is 0.277 e. The lowest BCUT2D eigenvalue weighted by Crippen LogP contribution is -2.16. The summed E-state index contributed by atoms with van der Waals surface area (Å²) in [6, 6.07) is 12.5. The molecule has 8 nitrogen and oxygen atoms in total. The van der Waals surface area contributed by atoms with Gasteiger partial charge in [0.05, 0.1) is 17.6 Å². The van der Waals surface area contributed by atoms with Gasteiger partial charge in [-0.15, -0.1) is 5.10 Å². The van der Waals surface area contributed by atoms with Crippen molar-refractivity contribution >= 4 is 21.6 Å². The van der Waals surface area contributed by atoms with Gasteiger partial charge in [0.1, 0.15) is 0 Å². The fraction of sp³-hybridized carbons (Fsp3) is 0.167. The van der Waals surface area contributed by atoms with Crippen molar-refractivity contribution in [3.05, 3.63) is 71.0 Å². The van der Waals surface area contributed by atoms with Crippen molar-refractivity contribution in [2.24, 2.45) is 5.14 Å². The first-order chi connectivity index (χ1) is 12.7. The molecule has 140 valence electrons. The van der Waals surface area contributed by atoms with E-state index in [0.717, 1.165) is 11.1 Å². The van der Waals surface area contributed by atoms with E-state index in [1.807, 2.05) is 30.3 Å². The predicted octanol–water partition coefficient (Wildman–Crippen LogP) is 1.84. The molecule has 0 aliphatic carbocycles. The smallest absolute Gasteiger partial charge is 0.277 e. The van der Waals surface area contributed by atoms with E-state index in [1.54, 1.807) is 18.5 Å². The molecule has 0 atom stereocenters. The van der Waals surface area contributed by atoms with Crippen LogP contribution >= 0.6 is 0 Å². The highest BCUT2D eigenvalue weighted by Crippen LogP contribution is 2.24. The van der Waals surface area contributed by atoms with Crippen LogP contribution in [-0.2, 0) is 16.6 Å². The van der Waals surface area contributed by atoms with Gasteiger partial charge in [0, 0.05) is 5.69 Å². The lowest BCUT2D eigenvalue weighted by Gasteiger charge is -2.11. The maximum absolute atomic E-state index is 12.5. The number of carbonyl (C=O) groups excluding carboxylic acids is 1. The molecule has 0 aliphatic rings. The Balaban J connectivity index is 1.81. The lowest BCUT2D eigenvalue weighted by atomic mass is 10.1. The van der Waals surface area contributed by atoms with Crippen molar-refractivity contribution in [1.29, 1.82) is 0 Å². The standard InChI is InChI=1S/C18H19N5O3S/c1-12-8-15(27(19,25)26)9-16(13(12)2)20-18(24)17-11-23(22-21-17)10-14-6-4-3-5-7-14/h3-9,11H,10H2,1-2H3,(H,20,24)(H2,19,25,26). The fourth-order valence-corrected chi connectivity index (χ4v) is 3.18. The van der Waals surface area contributed by atoms with Gasteiger partial charge in [-0.05, 0) is 42.7 Å². The van der Waals surface area contributed by atoms with Crippen molar-refractivity contribution in [3.63, 3.8) is 0 Å². The summed E-state index contributed by atoms with van der Waals surface area (Å²) in [6.07, 6.45) is 1.54. The predicted molar refractivity (Wildman–Crippen MR) is 101 cm³/mol. The van der Waals surface area contributed by atoms with Crippen LogP contribution in [0.15, 0.2) is 53.6 Å². The normalized spacial score (nSPS) is 11.4. The van der Waals surface area contributed by atoms with Crippen LogP contribution in [0.25, 0.3) is 0 Å². The zero-order valence-electron chi connectivity index (χ0n) is 14.9. The second-order valence-corrected chi connectivity index (χ2v) is 7.76. The van der Waals surface area contributed by atoms with Gasteiger partial charge in [-0.25, -0.2) is 18.2 Å². The van der Waals surface area contributed by atoms with E-state index in [4.69, 9.17) is 5.14 Å². The molecular formula is C18H19N5O3S. The van der Waals surface area contributed by atoms with Crippen LogP contribution in [0.5, 0.6) is 0 Å². The van der Waals surface area contributed by atoms with E-state index in [2.05, 4.69) is 15.6 Å². The van der Waals surface area contributed by atoms with Crippen molar-refractivity contribution in [2.45, 2.75) is 25.3 Å². The Morgan fingerprint density at radius 2 is 1.89 bits per heavy atom. The quantitative estimate of drug-likeness (QED) is 0.694. The minimum atomic E-state index is -3.88. The summed E-state index contributed by atoms with van der Waals surface area (Å²) in [5.74, 6) is -0.483. The van der Waals surface area contributed by atoms with Gasteiger partial charge < -0.3 is 5.32 Å². The SMILES string of the molecule is Cc1cc(S(N)(=O)=O)cc(NC(=O)c2cn(Cc3ccccc3)nn2)c1C. The van der Waals surface area contributed by atoms with Crippen LogP contribution in [0.3, 0.4) is 0 Å². The Bertz CT molecular complexity index is 1090. The van der Waals surface area contributed by atoms with Crippen LogP contribution in [0, 0.1) is 13.8 Å². The lowest BCUT2D eigenvalue weighted by molar-refractivity contribution is 0.102. The minimum Gasteiger partial charge on any atom is -0.320 e. The summed E-state index contributed by atoms with van der Waals surface area (Å²) in [4.78, 5) is 12.4. The van der Waals surface area contributed by atoms with Crippen molar-refractivity contribution in [1.82, 2.24) is 15.0 Å². The van der Waals surface area contributed by atoms with Gasteiger partial charge in [-0.3, -0.25) is 4.79 Å². The number of carbonyl (C=O) groups is 1. The number of nitrogens with two attached hydrogens (primary N) is 1. The third-order valence-electron chi connectivity index (χ3n) is 4.18. The van der Waals surface area contributed by atoms with Crippen LogP contribution in [0.4, 0.5) is 5.69 Å². The molecule has 9 heteroatoms. The molecule has 1 heterocycles. The summed E-state index contributed by atoms with van der Waals surface area (Å²) in [6.45, 7) is 4.01. The average Bonchev–Trinajstić information content (AvgIpc) is 3.07. The number of primary sulfonamides is 1. The highest BCUT2D eigenvalue weighted by atomic mass is 32.2. The zero-order chi connectivity index (χ0) is 19.6. The van der Waals surface area contributed by atoms with Crippen molar-refractivity contribution in [3.8, 4) is 0 Å². The van der Waals surface area contributed by atoms with Gasteiger partial charge in [-0.1, -0.05) is 35.5 Å². The number of nitrogens with one attached hydrogen (secondary N) is 1. The molecule has 0 fully saturated rings. The Kier molecular flexibility index (Phi) is 5.06. The van der Waals surface area contributed by atoms with Gasteiger partial charge in [0.2, 0.25) is 10.0 Å². The monoisotopic (exact) mass is 385 g/mol. The molecule has 0 radical (unpaired) electrons. The second-order valence-electron chi connectivity index (χ2n) is 6.20. The Morgan fingerprint density at radius 3 is 2.56 bits per heavy atom. The average molecular weight is 385 g/mol. The minimum absolute atomic E-state index is 0.0615. The highest BCUT2D eigenvalue weighted by molar-refractivity contribution is 7.89. The number of benzene rings is 2. The molecule has 3 N–H and O–H groups in total. The van der Waals surface area contributed by atoms with Crippen LogP contribution in [0.1, 0.15) is 27.2 Å². The number of rotatable bonds is 5. The highest BCUT2D eigenvalue weighted by Gasteiger charge is 2.16. The van der Waals surface area contributed by atoms with Crippen LogP contribution in [0.2, 0.25) is 0 Å². The van der Waals surface area contributed by atoms with Crippen molar-refractivity contribution in [2.75, 3.05) is 5.32 Å². The molecule has 0 bridgehead atoms. The second kappa shape index (κ2) is 7.29. The van der Waals surface area contributed by atoms with Gasteiger partial charge >= 0.3 is 0 Å². The first-order valence-corrected chi connectivity index (χ1v) is 9.68. The Morgan fingerprint density at radius 1 is 1.19 bits per heavy atom. The third-order valence-corrected chi connectivity index (χ3v) is 5.07. The van der Waals surface area contributed by atoms with E-state index in [0.29, 0.717) is 17.8 Å². The molecule has 3 rings (SSSR count). The zero-order valence-corrected chi connectivity index (χ0v) is 15.7. The van der Waals surface area contributed by atoms with Crippen LogP contribution < -0.4 is 10.5 Å².